The monoisotopic (exact) mass is 201 g/mol. The van der Waals surface area contributed by atoms with E-state index >= 15 is 0 Å². The second-order valence-electron chi connectivity index (χ2n) is 4.77. The van der Waals surface area contributed by atoms with Crippen LogP contribution in [0.5, 0.6) is 0 Å². The molecule has 0 radical (unpaired) electrons. The number of piperidine rings is 1. The minimum atomic E-state index is -0.132. The maximum atomic E-state index is 9.81. The van der Waals surface area contributed by atoms with Crippen LogP contribution < -0.4 is 0 Å². The molecule has 1 rings (SSSR count). The molecule has 0 saturated carbocycles. The second kappa shape index (κ2) is 5.69. The van der Waals surface area contributed by atoms with Gasteiger partial charge in [-0.2, -0.15) is 0 Å². The Hall–Kier alpha value is -0.120. The van der Waals surface area contributed by atoms with Gasteiger partial charge in [0.1, 0.15) is 0 Å². The van der Waals surface area contributed by atoms with E-state index < -0.39 is 0 Å². The molecule has 1 fully saturated rings. The summed E-state index contributed by atoms with van der Waals surface area (Å²) < 4.78 is 0. The SMILES string of the molecule is CC(C)C[C@@H]1CN(CCO)CC[C@@H]1O. The first kappa shape index (κ1) is 12.0. The molecular weight excluding hydrogens is 178 g/mol. The molecule has 1 aliphatic heterocycles. The number of hydrogen-bond acceptors (Lipinski definition) is 3. The minimum absolute atomic E-state index is 0.132. The van der Waals surface area contributed by atoms with E-state index in [1.165, 1.54) is 0 Å². The lowest BCUT2D eigenvalue weighted by atomic mass is 9.87. The average molecular weight is 201 g/mol. The minimum Gasteiger partial charge on any atom is -0.395 e. The van der Waals surface area contributed by atoms with Gasteiger partial charge >= 0.3 is 0 Å². The number of hydrogen-bond donors (Lipinski definition) is 2. The third kappa shape index (κ3) is 3.56. The van der Waals surface area contributed by atoms with E-state index in [1.807, 2.05) is 0 Å². The van der Waals surface area contributed by atoms with Gasteiger partial charge < -0.3 is 15.1 Å². The van der Waals surface area contributed by atoms with E-state index in [0.717, 1.165) is 32.5 Å². The van der Waals surface area contributed by atoms with Crippen molar-refractivity contribution in [2.45, 2.75) is 32.8 Å². The normalized spacial score (nSPS) is 29.8. The molecule has 0 aromatic carbocycles. The summed E-state index contributed by atoms with van der Waals surface area (Å²) in [5.41, 5.74) is 0. The van der Waals surface area contributed by atoms with Gasteiger partial charge in [0.05, 0.1) is 12.7 Å². The molecule has 0 aliphatic carbocycles. The molecule has 3 heteroatoms. The number of rotatable bonds is 4. The Bertz CT molecular complexity index is 161. The molecule has 0 unspecified atom stereocenters. The topological polar surface area (TPSA) is 43.7 Å². The van der Waals surface area contributed by atoms with Crippen LogP contribution in [-0.4, -0.2) is 47.5 Å². The van der Waals surface area contributed by atoms with Crippen LogP contribution in [0.1, 0.15) is 26.7 Å². The van der Waals surface area contributed by atoms with Crippen molar-refractivity contribution in [1.82, 2.24) is 4.90 Å². The molecule has 0 aromatic heterocycles. The molecule has 0 amide bonds. The van der Waals surface area contributed by atoms with Crippen molar-refractivity contribution in [1.29, 1.82) is 0 Å². The molecule has 0 spiro atoms. The van der Waals surface area contributed by atoms with Crippen LogP contribution in [0.4, 0.5) is 0 Å². The molecule has 0 aromatic rings. The number of nitrogens with zero attached hydrogens (tertiary/aromatic N) is 1. The van der Waals surface area contributed by atoms with Gasteiger partial charge in [0.15, 0.2) is 0 Å². The Kier molecular flexibility index (Phi) is 4.85. The van der Waals surface area contributed by atoms with Crippen LogP contribution in [0.25, 0.3) is 0 Å². The van der Waals surface area contributed by atoms with Crippen LogP contribution in [0, 0.1) is 11.8 Å². The average Bonchev–Trinajstić information content (AvgIpc) is 2.10. The summed E-state index contributed by atoms with van der Waals surface area (Å²) in [6.45, 7) is 7.23. The van der Waals surface area contributed by atoms with Crippen molar-refractivity contribution in [3.8, 4) is 0 Å². The van der Waals surface area contributed by atoms with Crippen LogP contribution in [-0.2, 0) is 0 Å². The van der Waals surface area contributed by atoms with Crippen molar-refractivity contribution in [2.75, 3.05) is 26.2 Å². The number of aliphatic hydroxyl groups excluding tert-OH is 2. The molecule has 14 heavy (non-hydrogen) atoms. The van der Waals surface area contributed by atoms with Gasteiger partial charge in [-0.05, 0) is 24.7 Å². The smallest absolute Gasteiger partial charge is 0.0592 e. The van der Waals surface area contributed by atoms with Gasteiger partial charge in [0, 0.05) is 19.6 Å². The molecule has 1 aliphatic rings. The second-order valence-corrected chi connectivity index (χ2v) is 4.77. The number of likely N-dealkylation sites (tertiary alicyclic amines) is 1. The molecule has 84 valence electrons. The summed E-state index contributed by atoms with van der Waals surface area (Å²) in [5, 5.41) is 18.7. The van der Waals surface area contributed by atoms with Gasteiger partial charge in [0.25, 0.3) is 0 Å². The highest BCUT2D eigenvalue weighted by Crippen LogP contribution is 2.23. The van der Waals surface area contributed by atoms with Gasteiger partial charge in [0.2, 0.25) is 0 Å². The summed E-state index contributed by atoms with van der Waals surface area (Å²) in [4.78, 5) is 2.25. The first-order valence-corrected chi connectivity index (χ1v) is 5.64. The van der Waals surface area contributed by atoms with Crippen molar-refractivity contribution in [3.05, 3.63) is 0 Å². The van der Waals surface area contributed by atoms with Gasteiger partial charge in [-0.15, -0.1) is 0 Å². The largest absolute Gasteiger partial charge is 0.395 e. The number of aliphatic hydroxyl groups is 2. The van der Waals surface area contributed by atoms with Crippen LogP contribution >= 0.6 is 0 Å². The molecule has 1 saturated heterocycles. The predicted octanol–water partition coefficient (Wildman–Crippen LogP) is 0.708. The number of β-amino-alcohol motifs (C(OH)–C–C–N with tert-alkyl or cyclic N) is 1. The summed E-state index contributed by atoms with van der Waals surface area (Å²) in [6.07, 6.45) is 1.81. The van der Waals surface area contributed by atoms with E-state index in [4.69, 9.17) is 5.11 Å². The molecular formula is C11H23NO2. The van der Waals surface area contributed by atoms with Crippen molar-refractivity contribution < 1.29 is 10.2 Å². The lowest BCUT2D eigenvalue weighted by Crippen LogP contribution is -2.44. The van der Waals surface area contributed by atoms with Crippen LogP contribution in [0.3, 0.4) is 0 Å². The molecule has 1 heterocycles. The summed E-state index contributed by atoms with van der Waals surface area (Å²) in [6, 6.07) is 0. The lowest BCUT2D eigenvalue weighted by molar-refractivity contribution is 0.0126. The highest BCUT2D eigenvalue weighted by Gasteiger charge is 2.27. The fourth-order valence-electron chi connectivity index (χ4n) is 2.28. The fourth-order valence-corrected chi connectivity index (χ4v) is 2.28. The zero-order valence-electron chi connectivity index (χ0n) is 9.32. The van der Waals surface area contributed by atoms with Gasteiger partial charge in [-0.1, -0.05) is 13.8 Å². The Morgan fingerprint density at radius 1 is 1.43 bits per heavy atom. The van der Waals surface area contributed by atoms with E-state index in [0.29, 0.717) is 11.8 Å². The van der Waals surface area contributed by atoms with E-state index in [1.54, 1.807) is 0 Å². The van der Waals surface area contributed by atoms with Crippen molar-refractivity contribution in [2.24, 2.45) is 11.8 Å². The summed E-state index contributed by atoms with van der Waals surface area (Å²) >= 11 is 0. The standard InChI is InChI=1S/C11H23NO2/c1-9(2)7-10-8-12(5-6-13)4-3-11(10)14/h9-11,13-14H,3-8H2,1-2H3/t10-,11+/m1/s1. The first-order chi connectivity index (χ1) is 6.63. The maximum absolute atomic E-state index is 9.81. The summed E-state index contributed by atoms with van der Waals surface area (Å²) in [7, 11) is 0. The zero-order valence-corrected chi connectivity index (χ0v) is 9.32. The molecule has 2 atom stereocenters. The Balaban J connectivity index is 2.38. The Morgan fingerprint density at radius 2 is 2.14 bits per heavy atom. The third-order valence-corrected chi connectivity index (χ3v) is 2.97. The van der Waals surface area contributed by atoms with Gasteiger partial charge in [-0.3, -0.25) is 0 Å². The van der Waals surface area contributed by atoms with Crippen molar-refractivity contribution >= 4 is 0 Å². The lowest BCUT2D eigenvalue weighted by Gasteiger charge is -2.36. The third-order valence-electron chi connectivity index (χ3n) is 2.97. The highest BCUT2D eigenvalue weighted by atomic mass is 16.3. The maximum Gasteiger partial charge on any atom is 0.0592 e. The van der Waals surface area contributed by atoms with Crippen LogP contribution in [0.2, 0.25) is 0 Å². The van der Waals surface area contributed by atoms with E-state index in [-0.39, 0.29) is 12.7 Å². The zero-order chi connectivity index (χ0) is 10.6. The molecule has 0 bridgehead atoms. The quantitative estimate of drug-likeness (QED) is 0.704. The first-order valence-electron chi connectivity index (χ1n) is 5.64. The van der Waals surface area contributed by atoms with Crippen LogP contribution in [0.15, 0.2) is 0 Å². The predicted molar refractivity (Wildman–Crippen MR) is 57.1 cm³/mol. The summed E-state index contributed by atoms with van der Waals surface area (Å²) in [5.74, 6) is 1.04. The fraction of sp³-hybridized carbons (Fsp3) is 1.00. The Labute approximate surface area is 86.7 Å². The van der Waals surface area contributed by atoms with E-state index in [9.17, 15) is 5.11 Å². The highest BCUT2D eigenvalue weighted by molar-refractivity contribution is 4.80. The Morgan fingerprint density at radius 3 is 2.71 bits per heavy atom. The molecule has 3 nitrogen and oxygen atoms in total. The van der Waals surface area contributed by atoms with Crippen molar-refractivity contribution in [3.63, 3.8) is 0 Å². The van der Waals surface area contributed by atoms with Gasteiger partial charge in [-0.25, -0.2) is 0 Å². The van der Waals surface area contributed by atoms with E-state index in [2.05, 4.69) is 18.7 Å². The molecule has 2 N–H and O–H groups in total.